The van der Waals surface area contributed by atoms with Crippen LogP contribution in [0.5, 0.6) is 5.75 Å². The van der Waals surface area contributed by atoms with Crippen molar-refractivity contribution in [3.63, 3.8) is 0 Å². The Morgan fingerprint density at radius 2 is 1.36 bits per heavy atom. The van der Waals surface area contributed by atoms with Gasteiger partial charge in [0.1, 0.15) is 5.75 Å². The minimum atomic E-state index is -1.91. The zero-order chi connectivity index (χ0) is 16.7. The van der Waals surface area contributed by atoms with Crippen LogP contribution in [0.2, 0.25) is 0 Å². The highest BCUT2D eigenvalue weighted by Gasteiger charge is 2.34. The largest absolute Gasteiger partial charge is 0.508 e. The summed E-state index contributed by atoms with van der Waals surface area (Å²) in [6, 6.07) is 4.60. The van der Waals surface area contributed by atoms with Gasteiger partial charge in [-0.05, 0) is 30.7 Å². The summed E-state index contributed by atoms with van der Waals surface area (Å²) in [5.74, 6) is -0.0822. The van der Waals surface area contributed by atoms with Gasteiger partial charge in [-0.3, -0.25) is 0 Å². The molecule has 1 aromatic heterocycles. The molecule has 1 N–H and O–H groups in total. The number of phenolic OH excluding ortho intramolecular Hbond substituents is 1. The van der Waals surface area contributed by atoms with Crippen molar-refractivity contribution in [2.45, 2.75) is 14.5 Å². The molecular weight excluding hydrogens is 415 g/mol. The fourth-order valence-electron chi connectivity index (χ4n) is 1.65. The SMILES string of the molecule is Cc1cc(O)ccc1-c1nc(C(Cl)(Cl)Cl)nc(C(Cl)(Cl)Cl)n1. The number of hydrogen-bond donors (Lipinski definition) is 1. The quantitative estimate of drug-likeness (QED) is 0.642. The van der Waals surface area contributed by atoms with Gasteiger partial charge in [-0.1, -0.05) is 69.6 Å². The number of halogens is 6. The van der Waals surface area contributed by atoms with Crippen LogP contribution < -0.4 is 0 Å². The summed E-state index contributed by atoms with van der Waals surface area (Å²) in [5.41, 5.74) is 1.27. The molecular formula is C12H7Cl6N3O. The van der Waals surface area contributed by atoms with Crippen LogP contribution in [0.3, 0.4) is 0 Å². The van der Waals surface area contributed by atoms with Crippen LogP contribution in [-0.2, 0) is 7.59 Å². The standard InChI is InChI=1S/C12H7Cl6N3O/c1-5-4-6(22)2-3-7(5)8-19-9(11(13,14)15)21-10(20-8)12(16,17)18/h2-4,22H,1H3. The summed E-state index contributed by atoms with van der Waals surface area (Å²) in [5, 5.41) is 9.47. The van der Waals surface area contributed by atoms with Gasteiger partial charge in [0.05, 0.1) is 0 Å². The lowest BCUT2D eigenvalue weighted by molar-refractivity contribution is 0.475. The van der Waals surface area contributed by atoms with E-state index in [1.807, 2.05) is 0 Å². The van der Waals surface area contributed by atoms with Gasteiger partial charge in [0.2, 0.25) is 7.59 Å². The van der Waals surface area contributed by atoms with Crippen molar-refractivity contribution in [3.05, 3.63) is 35.4 Å². The number of rotatable bonds is 1. The Balaban J connectivity index is 2.70. The van der Waals surface area contributed by atoms with Crippen LogP contribution in [-0.4, -0.2) is 20.1 Å². The molecule has 10 heteroatoms. The lowest BCUT2D eigenvalue weighted by Crippen LogP contribution is -2.17. The Hall–Kier alpha value is -0.230. The van der Waals surface area contributed by atoms with Gasteiger partial charge in [0.25, 0.3) is 0 Å². The van der Waals surface area contributed by atoms with Crippen molar-refractivity contribution in [2.75, 3.05) is 0 Å². The lowest BCUT2D eigenvalue weighted by atomic mass is 10.1. The minimum Gasteiger partial charge on any atom is -0.508 e. The molecule has 0 saturated heterocycles. The van der Waals surface area contributed by atoms with E-state index in [1.54, 1.807) is 13.0 Å². The molecule has 1 aromatic carbocycles. The van der Waals surface area contributed by atoms with Gasteiger partial charge < -0.3 is 5.11 Å². The number of aryl methyl sites for hydroxylation is 1. The molecule has 2 rings (SSSR count). The van der Waals surface area contributed by atoms with E-state index in [0.29, 0.717) is 11.1 Å². The molecule has 0 bridgehead atoms. The van der Waals surface area contributed by atoms with Gasteiger partial charge >= 0.3 is 0 Å². The van der Waals surface area contributed by atoms with Gasteiger partial charge in [0, 0.05) is 5.56 Å². The molecule has 0 fully saturated rings. The van der Waals surface area contributed by atoms with E-state index in [9.17, 15) is 5.11 Å². The van der Waals surface area contributed by atoms with Crippen molar-refractivity contribution in [3.8, 4) is 17.1 Å². The number of nitrogens with zero attached hydrogens (tertiary/aromatic N) is 3. The third-order valence-corrected chi connectivity index (χ3v) is 3.61. The van der Waals surface area contributed by atoms with E-state index in [2.05, 4.69) is 15.0 Å². The predicted octanol–water partition coefficient (Wildman–Crippen LogP) is 5.21. The number of phenols is 1. The van der Waals surface area contributed by atoms with Gasteiger partial charge in [0.15, 0.2) is 17.5 Å². The van der Waals surface area contributed by atoms with E-state index < -0.39 is 7.59 Å². The zero-order valence-corrected chi connectivity index (χ0v) is 15.3. The summed E-state index contributed by atoms with van der Waals surface area (Å²) < 4.78 is -3.82. The molecule has 1 heterocycles. The van der Waals surface area contributed by atoms with E-state index in [-0.39, 0.29) is 23.2 Å². The van der Waals surface area contributed by atoms with E-state index in [0.717, 1.165) is 0 Å². The summed E-state index contributed by atoms with van der Waals surface area (Å²) in [7, 11) is 0. The van der Waals surface area contributed by atoms with E-state index >= 15 is 0 Å². The van der Waals surface area contributed by atoms with Crippen LogP contribution in [0, 0.1) is 6.92 Å². The summed E-state index contributed by atoms with van der Waals surface area (Å²) in [4.78, 5) is 12.1. The third-order valence-electron chi connectivity index (χ3n) is 2.59. The number of aromatic nitrogens is 3. The summed E-state index contributed by atoms with van der Waals surface area (Å²) in [6.07, 6.45) is 0. The van der Waals surface area contributed by atoms with Crippen LogP contribution in [0.4, 0.5) is 0 Å². The number of alkyl halides is 6. The van der Waals surface area contributed by atoms with Crippen molar-refractivity contribution in [1.82, 2.24) is 15.0 Å². The Morgan fingerprint density at radius 3 is 1.77 bits per heavy atom. The highest BCUT2D eigenvalue weighted by atomic mass is 35.6. The van der Waals surface area contributed by atoms with E-state index in [4.69, 9.17) is 69.6 Å². The first-order chi connectivity index (χ1) is 9.98. The van der Waals surface area contributed by atoms with Crippen LogP contribution in [0.25, 0.3) is 11.4 Å². The average Bonchev–Trinajstić information content (AvgIpc) is 2.36. The van der Waals surface area contributed by atoms with Crippen molar-refractivity contribution >= 4 is 69.6 Å². The minimum absolute atomic E-state index is 0.0958. The van der Waals surface area contributed by atoms with Crippen molar-refractivity contribution in [2.24, 2.45) is 0 Å². The average molecular weight is 422 g/mol. The molecule has 0 radical (unpaired) electrons. The summed E-state index contributed by atoms with van der Waals surface area (Å²) >= 11 is 34.9. The fourth-order valence-corrected chi connectivity index (χ4v) is 2.16. The maximum Gasteiger partial charge on any atom is 0.250 e. The first-order valence-electron chi connectivity index (χ1n) is 5.69. The van der Waals surface area contributed by atoms with E-state index in [1.165, 1.54) is 12.1 Å². The Labute approximate surface area is 156 Å². The number of hydrogen-bond acceptors (Lipinski definition) is 4. The predicted molar refractivity (Wildman–Crippen MR) is 90.1 cm³/mol. The molecule has 0 spiro atoms. The molecule has 118 valence electrons. The van der Waals surface area contributed by atoms with Gasteiger partial charge in [-0.25, -0.2) is 15.0 Å². The van der Waals surface area contributed by atoms with Gasteiger partial charge in [-0.15, -0.1) is 0 Å². The number of aromatic hydroxyl groups is 1. The van der Waals surface area contributed by atoms with Crippen LogP contribution >= 0.6 is 69.6 Å². The molecule has 0 amide bonds. The normalized spacial score (nSPS) is 12.5. The molecule has 0 unspecified atom stereocenters. The second kappa shape index (κ2) is 6.34. The first-order valence-corrected chi connectivity index (χ1v) is 7.95. The Kier molecular flexibility index (Phi) is 5.22. The second-order valence-electron chi connectivity index (χ2n) is 4.30. The molecule has 0 aliphatic heterocycles. The second-order valence-corrected chi connectivity index (χ2v) is 8.86. The highest BCUT2D eigenvalue weighted by molar-refractivity contribution is 6.67. The molecule has 0 aliphatic rings. The Morgan fingerprint density at radius 1 is 0.864 bits per heavy atom. The highest BCUT2D eigenvalue weighted by Crippen LogP contribution is 2.41. The van der Waals surface area contributed by atoms with Crippen molar-refractivity contribution in [1.29, 1.82) is 0 Å². The summed E-state index contributed by atoms with van der Waals surface area (Å²) in [6.45, 7) is 1.75. The Bertz CT molecular complexity index is 679. The monoisotopic (exact) mass is 419 g/mol. The number of benzene rings is 1. The van der Waals surface area contributed by atoms with Crippen LogP contribution in [0.1, 0.15) is 17.2 Å². The molecule has 0 atom stereocenters. The molecule has 0 saturated carbocycles. The third kappa shape index (κ3) is 4.19. The first kappa shape index (κ1) is 18.1. The molecule has 2 aromatic rings. The van der Waals surface area contributed by atoms with Gasteiger partial charge in [-0.2, -0.15) is 0 Å². The van der Waals surface area contributed by atoms with Crippen LogP contribution in [0.15, 0.2) is 18.2 Å². The topological polar surface area (TPSA) is 58.9 Å². The zero-order valence-electron chi connectivity index (χ0n) is 10.8. The van der Waals surface area contributed by atoms with Crippen molar-refractivity contribution < 1.29 is 5.11 Å². The maximum absolute atomic E-state index is 9.47. The molecule has 22 heavy (non-hydrogen) atoms. The smallest absolute Gasteiger partial charge is 0.250 e. The lowest BCUT2D eigenvalue weighted by Gasteiger charge is -2.16. The fraction of sp³-hybridized carbons (Fsp3) is 0.250. The maximum atomic E-state index is 9.47. The molecule has 0 aliphatic carbocycles. The molecule has 4 nitrogen and oxygen atoms in total.